The molecule has 2 amide bonds. The molecule has 0 radical (unpaired) electrons. The van der Waals surface area contributed by atoms with E-state index in [4.69, 9.17) is 23.2 Å². The van der Waals surface area contributed by atoms with E-state index < -0.39 is 11.6 Å². The predicted octanol–water partition coefficient (Wildman–Crippen LogP) is 4.67. The van der Waals surface area contributed by atoms with Crippen LogP contribution in [-0.2, 0) is 0 Å². The Hall–Kier alpha value is -2.97. The van der Waals surface area contributed by atoms with Gasteiger partial charge in [0.25, 0.3) is 11.8 Å². The van der Waals surface area contributed by atoms with E-state index in [9.17, 15) is 18.4 Å². The van der Waals surface area contributed by atoms with Gasteiger partial charge in [0.05, 0.1) is 32.6 Å². The van der Waals surface area contributed by atoms with E-state index in [1.54, 1.807) is 41.8 Å². The number of hydrogen-bond acceptors (Lipinski definition) is 3. The van der Waals surface area contributed by atoms with Gasteiger partial charge in [-0.25, -0.2) is 13.5 Å². The quantitative estimate of drug-likeness (QED) is 0.533. The smallest absolute Gasteiger partial charge is 0.257 e. The number of aryl methyl sites for hydroxylation is 1. The molecule has 0 atom stereocenters. The van der Waals surface area contributed by atoms with Crippen LogP contribution in [0.4, 0.5) is 8.78 Å². The van der Waals surface area contributed by atoms with Gasteiger partial charge in [0.1, 0.15) is 11.5 Å². The summed E-state index contributed by atoms with van der Waals surface area (Å²) in [6.07, 6.45) is 0. The second-order valence-corrected chi connectivity index (χ2v) is 8.52. The molecule has 172 valence electrons. The van der Waals surface area contributed by atoms with Crippen LogP contribution in [0.15, 0.2) is 36.4 Å². The largest absolute Gasteiger partial charge is 0.335 e. The Morgan fingerprint density at radius 1 is 0.939 bits per heavy atom. The summed E-state index contributed by atoms with van der Waals surface area (Å²) in [5.74, 6) is -1.97. The van der Waals surface area contributed by atoms with Crippen molar-refractivity contribution in [1.29, 1.82) is 0 Å². The summed E-state index contributed by atoms with van der Waals surface area (Å²) in [7, 11) is 0. The van der Waals surface area contributed by atoms with Gasteiger partial charge >= 0.3 is 0 Å². The molecular weight excluding hydrogens is 473 g/mol. The number of hydrogen-bond donors (Lipinski definition) is 0. The summed E-state index contributed by atoms with van der Waals surface area (Å²) < 4.78 is 28.9. The van der Waals surface area contributed by atoms with Crippen LogP contribution in [0.5, 0.6) is 0 Å². The van der Waals surface area contributed by atoms with Crippen molar-refractivity contribution < 1.29 is 18.4 Å². The molecule has 1 saturated heterocycles. The van der Waals surface area contributed by atoms with Crippen LogP contribution in [0.2, 0.25) is 10.0 Å². The lowest BCUT2D eigenvalue weighted by Crippen LogP contribution is -2.50. The lowest BCUT2D eigenvalue weighted by atomic mass is 10.1. The van der Waals surface area contributed by atoms with E-state index in [0.29, 0.717) is 53.7 Å². The van der Waals surface area contributed by atoms with Gasteiger partial charge in [0.15, 0.2) is 5.82 Å². The predicted molar refractivity (Wildman–Crippen MR) is 121 cm³/mol. The summed E-state index contributed by atoms with van der Waals surface area (Å²) in [6.45, 7) is 4.62. The van der Waals surface area contributed by atoms with E-state index in [2.05, 4.69) is 5.10 Å². The zero-order valence-corrected chi connectivity index (χ0v) is 19.4. The van der Waals surface area contributed by atoms with E-state index >= 15 is 0 Å². The van der Waals surface area contributed by atoms with Crippen molar-refractivity contribution in [1.82, 2.24) is 19.6 Å². The summed E-state index contributed by atoms with van der Waals surface area (Å²) in [5, 5.41) is 4.81. The maximum Gasteiger partial charge on any atom is 0.257 e. The Kier molecular flexibility index (Phi) is 6.41. The number of carbonyl (C=O) groups excluding carboxylic acids is 2. The maximum atomic E-state index is 14.3. The molecule has 0 unspecified atom stereocenters. The van der Waals surface area contributed by atoms with Crippen LogP contribution in [0.1, 0.15) is 32.1 Å². The minimum absolute atomic E-state index is 0.0601. The Morgan fingerprint density at radius 2 is 1.58 bits per heavy atom. The van der Waals surface area contributed by atoms with Crippen LogP contribution < -0.4 is 0 Å². The van der Waals surface area contributed by atoms with Crippen LogP contribution in [0.3, 0.4) is 0 Å². The molecule has 4 rings (SSSR count). The number of aromatic nitrogens is 2. The first-order valence-electron chi connectivity index (χ1n) is 10.2. The van der Waals surface area contributed by atoms with Gasteiger partial charge in [0, 0.05) is 32.2 Å². The Morgan fingerprint density at radius 3 is 2.21 bits per heavy atom. The monoisotopic (exact) mass is 492 g/mol. The van der Waals surface area contributed by atoms with Crippen molar-refractivity contribution in [2.45, 2.75) is 13.8 Å². The highest BCUT2D eigenvalue weighted by molar-refractivity contribution is 6.43. The van der Waals surface area contributed by atoms with E-state index in [1.807, 2.05) is 0 Å². The van der Waals surface area contributed by atoms with E-state index in [0.717, 1.165) is 12.1 Å². The molecule has 3 aromatic rings. The van der Waals surface area contributed by atoms with Crippen molar-refractivity contribution in [3.8, 4) is 5.69 Å². The van der Waals surface area contributed by atoms with Crippen LogP contribution in [-0.4, -0.2) is 57.6 Å². The van der Waals surface area contributed by atoms with E-state index in [-0.39, 0.29) is 22.5 Å². The van der Waals surface area contributed by atoms with Crippen LogP contribution in [0, 0.1) is 25.5 Å². The zero-order chi connectivity index (χ0) is 23.9. The average Bonchev–Trinajstić information content (AvgIpc) is 3.08. The Labute approximate surface area is 199 Å². The Balaban J connectivity index is 1.51. The topological polar surface area (TPSA) is 58.4 Å². The molecule has 1 aromatic heterocycles. The third kappa shape index (κ3) is 4.32. The van der Waals surface area contributed by atoms with Crippen molar-refractivity contribution in [2.24, 2.45) is 0 Å². The molecule has 1 fully saturated rings. The second-order valence-electron chi connectivity index (χ2n) is 7.74. The van der Waals surface area contributed by atoms with Crippen molar-refractivity contribution in [3.63, 3.8) is 0 Å². The fraction of sp³-hybridized carbons (Fsp3) is 0.261. The molecule has 1 aliphatic rings. The van der Waals surface area contributed by atoms with Crippen LogP contribution in [0.25, 0.3) is 5.69 Å². The molecule has 2 heterocycles. The molecule has 0 spiro atoms. The highest BCUT2D eigenvalue weighted by Gasteiger charge is 2.30. The highest BCUT2D eigenvalue weighted by atomic mass is 35.5. The van der Waals surface area contributed by atoms with Gasteiger partial charge in [-0.15, -0.1) is 0 Å². The molecule has 10 heteroatoms. The van der Waals surface area contributed by atoms with Gasteiger partial charge in [-0.1, -0.05) is 29.3 Å². The highest BCUT2D eigenvalue weighted by Crippen LogP contribution is 2.27. The SMILES string of the molecule is Cc1nn(-c2ccc(F)cc2F)c(C)c1C(=O)N1CCN(C(=O)c2cccc(Cl)c2Cl)CC1. The number of piperazine rings is 1. The first-order chi connectivity index (χ1) is 15.7. The van der Waals surface area contributed by atoms with Gasteiger partial charge < -0.3 is 9.80 Å². The van der Waals surface area contributed by atoms with Gasteiger partial charge in [-0.2, -0.15) is 5.10 Å². The van der Waals surface area contributed by atoms with Gasteiger partial charge in [-0.3, -0.25) is 9.59 Å². The average molecular weight is 493 g/mol. The third-order valence-corrected chi connectivity index (χ3v) is 6.50. The number of halogens is 4. The fourth-order valence-corrected chi connectivity index (χ4v) is 4.33. The summed E-state index contributed by atoms with van der Waals surface area (Å²) in [4.78, 5) is 29.3. The lowest BCUT2D eigenvalue weighted by molar-refractivity contribution is 0.0534. The number of benzene rings is 2. The normalized spacial score (nSPS) is 14.0. The number of rotatable bonds is 3. The molecule has 0 bridgehead atoms. The maximum absolute atomic E-state index is 14.3. The first kappa shape index (κ1) is 23.2. The third-order valence-electron chi connectivity index (χ3n) is 5.68. The Bertz CT molecular complexity index is 1250. The molecule has 1 aliphatic heterocycles. The number of nitrogens with zero attached hydrogens (tertiary/aromatic N) is 4. The van der Waals surface area contributed by atoms with E-state index in [1.165, 1.54) is 10.7 Å². The standard InChI is InChI=1S/C23H20Cl2F2N4O2/c1-13-20(14(2)31(28-13)19-7-6-15(26)12-18(19)27)23(33)30-10-8-29(9-11-30)22(32)16-4-3-5-17(24)21(16)25/h3-7,12H,8-11H2,1-2H3. The van der Waals surface area contributed by atoms with Crippen molar-refractivity contribution in [2.75, 3.05) is 26.2 Å². The minimum atomic E-state index is -0.772. The summed E-state index contributed by atoms with van der Waals surface area (Å²) in [5.41, 5.74) is 1.62. The second kappa shape index (κ2) is 9.11. The molecule has 2 aromatic carbocycles. The minimum Gasteiger partial charge on any atom is -0.335 e. The number of amides is 2. The summed E-state index contributed by atoms with van der Waals surface area (Å²) in [6, 6.07) is 8.08. The van der Waals surface area contributed by atoms with Crippen LogP contribution >= 0.6 is 23.2 Å². The summed E-state index contributed by atoms with van der Waals surface area (Å²) >= 11 is 12.2. The fourth-order valence-electron chi connectivity index (χ4n) is 3.95. The molecular formula is C23H20Cl2F2N4O2. The molecule has 0 saturated carbocycles. The van der Waals surface area contributed by atoms with Gasteiger partial charge in [-0.05, 0) is 38.1 Å². The lowest BCUT2D eigenvalue weighted by Gasteiger charge is -2.35. The first-order valence-corrected chi connectivity index (χ1v) is 11.0. The van der Waals surface area contributed by atoms with Crippen molar-refractivity contribution >= 4 is 35.0 Å². The molecule has 0 aliphatic carbocycles. The number of carbonyl (C=O) groups is 2. The molecule has 33 heavy (non-hydrogen) atoms. The molecule has 6 nitrogen and oxygen atoms in total. The molecule has 0 N–H and O–H groups in total. The van der Waals surface area contributed by atoms with Crippen molar-refractivity contribution in [3.05, 3.63) is 80.6 Å². The van der Waals surface area contributed by atoms with Gasteiger partial charge in [0.2, 0.25) is 0 Å². The zero-order valence-electron chi connectivity index (χ0n) is 17.9.